The molecule has 1 aromatic rings. The fourth-order valence-electron chi connectivity index (χ4n) is 1.01. The molecular weight excluding hydrogens is 267 g/mol. The van der Waals surface area contributed by atoms with Gasteiger partial charge in [0.2, 0.25) is 0 Å². The summed E-state index contributed by atoms with van der Waals surface area (Å²) in [7, 11) is 0. The lowest BCUT2D eigenvalue weighted by Gasteiger charge is -2.09. The molecule has 0 saturated heterocycles. The summed E-state index contributed by atoms with van der Waals surface area (Å²) in [5.74, 6) is 0.0553. The lowest BCUT2D eigenvalue weighted by atomic mass is 10.3. The van der Waals surface area contributed by atoms with Crippen molar-refractivity contribution in [2.24, 2.45) is 0 Å². The van der Waals surface area contributed by atoms with E-state index in [1.54, 1.807) is 12.1 Å². The molecule has 0 aromatic heterocycles. The van der Waals surface area contributed by atoms with E-state index in [0.29, 0.717) is 17.3 Å². The Morgan fingerprint density at radius 3 is 2.79 bits per heavy atom. The van der Waals surface area contributed by atoms with Gasteiger partial charge in [-0.2, -0.15) is 0 Å². The van der Waals surface area contributed by atoms with Gasteiger partial charge in [-0.1, -0.05) is 22.9 Å². The van der Waals surface area contributed by atoms with Crippen LogP contribution in [-0.2, 0) is 0 Å². The molecular formula is C10H12BrFOS. The second kappa shape index (κ2) is 5.61. The van der Waals surface area contributed by atoms with Crippen molar-refractivity contribution < 1.29 is 9.13 Å². The van der Waals surface area contributed by atoms with Gasteiger partial charge in [0.25, 0.3) is 0 Å². The van der Waals surface area contributed by atoms with Crippen molar-refractivity contribution in [3.05, 3.63) is 22.4 Å². The lowest BCUT2D eigenvalue weighted by molar-refractivity contribution is 0.298. The molecule has 78 valence electrons. The molecule has 0 N–H and O–H groups in total. The Bertz CT molecular complexity index is 317. The Morgan fingerprint density at radius 1 is 1.50 bits per heavy atom. The number of thioether (sulfide) groups is 1. The minimum Gasteiger partial charge on any atom is -0.490 e. The maximum Gasteiger partial charge on any atom is 0.178 e. The predicted octanol–water partition coefficient (Wildman–Crippen LogP) is 4.10. The average molecular weight is 279 g/mol. The first-order chi connectivity index (χ1) is 6.69. The smallest absolute Gasteiger partial charge is 0.178 e. The minimum absolute atomic E-state index is 0.269. The molecule has 0 unspecified atom stereocenters. The maximum absolute atomic E-state index is 13.6. The molecule has 0 spiro atoms. The molecule has 0 heterocycles. The van der Waals surface area contributed by atoms with E-state index in [1.807, 2.05) is 13.2 Å². The third-order valence-corrected chi connectivity index (χ3v) is 2.85. The van der Waals surface area contributed by atoms with E-state index in [-0.39, 0.29) is 5.82 Å². The number of hydrogen-bond donors (Lipinski definition) is 0. The van der Waals surface area contributed by atoms with Crippen LogP contribution in [0.4, 0.5) is 4.39 Å². The van der Waals surface area contributed by atoms with E-state index >= 15 is 0 Å². The topological polar surface area (TPSA) is 9.23 Å². The first-order valence-corrected chi connectivity index (χ1v) is 6.36. The first kappa shape index (κ1) is 11.9. The maximum atomic E-state index is 13.6. The highest BCUT2D eigenvalue weighted by Crippen LogP contribution is 2.31. The SMILES string of the molecule is CCCOc1cc(Br)cc(SC)c1F. The van der Waals surface area contributed by atoms with E-state index in [0.717, 1.165) is 10.9 Å². The molecule has 0 saturated carbocycles. The molecule has 0 aliphatic carbocycles. The molecule has 1 aromatic carbocycles. The Hall–Kier alpha value is -0.220. The Morgan fingerprint density at radius 2 is 2.21 bits per heavy atom. The summed E-state index contributed by atoms with van der Waals surface area (Å²) in [6.07, 6.45) is 2.72. The Labute approximate surface area is 96.2 Å². The van der Waals surface area contributed by atoms with Crippen LogP contribution in [0.5, 0.6) is 5.75 Å². The van der Waals surface area contributed by atoms with Crippen LogP contribution < -0.4 is 4.74 Å². The summed E-state index contributed by atoms with van der Waals surface area (Å²) in [5.41, 5.74) is 0. The standard InChI is InChI=1S/C10H12BrFOS/c1-3-4-13-8-5-7(11)6-9(14-2)10(8)12/h5-6H,3-4H2,1-2H3. The van der Waals surface area contributed by atoms with Gasteiger partial charge in [-0.3, -0.25) is 0 Å². The van der Waals surface area contributed by atoms with Crippen molar-refractivity contribution >= 4 is 27.7 Å². The number of hydrogen-bond acceptors (Lipinski definition) is 2. The van der Waals surface area contributed by atoms with Gasteiger partial charge >= 0.3 is 0 Å². The van der Waals surface area contributed by atoms with Crippen LogP contribution in [0.2, 0.25) is 0 Å². The van der Waals surface area contributed by atoms with Gasteiger partial charge < -0.3 is 4.74 Å². The van der Waals surface area contributed by atoms with Crippen molar-refractivity contribution in [3.63, 3.8) is 0 Å². The molecule has 0 fully saturated rings. The molecule has 0 atom stereocenters. The van der Waals surface area contributed by atoms with E-state index in [2.05, 4.69) is 15.9 Å². The summed E-state index contributed by atoms with van der Waals surface area (Å²) in [5, 5.41) is 0. The fourth-order valence-corrected chi connectivity index (χ4v) is 2.12. The molecule has 0 amide bonds. The molecule has 1 nitrogen and oxygen atoms in total. The summed E-state index contributed by atoms with van der Waals surface area (Å²) in [4.78, 5) is 0.602. The normalized spacial score (nSPS) is 10.3. The summed E-state index contributed by atoms with van der Waals surface area (Å²) < 4.78 is 19.7. The van der Waals surface area contributed by atoms with Gasteiger partial charge in [-0.15, -0.1) is 11.8 Å². The summed E-state index contributed by atoms with van der Waals surface area (Å²) >= 11 is 4.69. The van der Waals surface area contributed by atoms with Gasteiger partial charge in [-0.25, -0.2) is 4.39 Å². The van der Waals surface area contributed by atoms with E-state index < -0.39 is 0 Å². The molecule has 14 heavy (non-hydrogen) atoms. The fraction of sp³-hybridized carbons (Fsp3) is 0.400. The Balaban J connectivity index is 2.96. The molecule has 1 rings (SSSR count). The first-order valence-electron chi connectivity index (χ1n) is 4.34. The second-order valence-electron chi connectivity index (χ2n) is 2.77. The number of ether oxygens (including phenoxy) is 1. The molecule has 4 heteroatoms. The zero-order chi connectivity index (χ0) is 10.6. The summed E-state index contributed by atoms with van der Waals surface area (Å²) in [6.45, 7) is 2.53. The van der Waals surface area contributed by atoms with E-state index in [9.17, 15) is 4.39 Å². The van der Waals surface area contributed by atoms with Crippen molar-refractivity contribution in [2.75, 3.05) is 12.9 Å². The van der Waals surface area contributed by atoms with E-state index in [4.69, 9.17) is 4.74 Å². The van der Waals surface area contributed by atoms with Crippen LogP contribution in [0.1, 0.15) is 13.3 Å². The van der Waals surface area contributed by atoms with Gasteiger partial charge in [0.1, 0.15) is 0 Å². The van der Waals surface area contributed by atoms with Gasteiger partial charge in [0, 0.05) is 9.37 Å². The van der Waals surface area contributed by atoms with Crippen LogP contribution >= 0.6 is 27.7 Å². The molecule has 0 aliphatic heterocycles. The third kappa shape index (κ3) is 2.89. The second-order valence-corrected chi connectivity index (χ2v) is 4.53. The van der Waals surface area contributed by atoms with Crippen LogP contribution in [0, 0.1) is 5.82 Å². The highest BCUT2D eigenvalue weighted by molar-refractivity contribution is 9.10. The monoisotopic (exact) mass is 278 g/mol. The van der Waals surface area contributed by atoms with Crippen molar-refractivity contribution in [3.8, 4) is 5.75 Å². The van der Waals surface area contributed by atoms with E-state index in [1.165, 1.54) is 11.8 Å². The van der Waals surface area contributed by atoms with Crippen LogP contribution in [0.3, 0.4) is 0 Å². The highest BCUT2D eigenvalue weighted by atomic mass is 79.9. The number of rotatable bonds is 4. The lowest BCUT2D eigenvalue weighted by Crippen LogP contribution is -1.98. The quantitative estimate of drug-likeness (QED) is 0.767. The van der Waals surface area contributed by atoms with Crippen molar-refractivity contribution in [1.82, 2.24) is 0 Å². The van der Waals surface area contributed by atoms with Gasteiger partial charge in [0.15, 0.2) is 11.6 Å². The summed E-state index contributed by atoms with van der Waals surface area (Å²) in [6, 6.07) is 3.41. The van der Waals surface area contributed by atoms with Gasteiger partial charge in [-0.05, 0) is 24.8 Å². The predicted molar refractivity (Wildman–Crippen MR) is 61.7 cm³/mol. The van der Waals surface area contributed by atoms with Gasteiger partial charge in [0.05, 0.1) is 6.61 Å². The van der Waals surface area contributed by atoms with Crippen molar-refractivity contribution in [2.45, 2.75) is 18.2 Å². The highest BCUT2D eigenvalue weighted by Gasteiger charge is 2.10. The van der Waals surface area contributed by atoms with Crippen molar-refractivity contribution in [1.29, 1.82) is 0 Å². The average Bonchev–Trinajstić information content (AvgIpc) is 2.18. The van der Waals surface area contributed by atoms with Crippen LogP contribution in [-0.4, -0.2) is 12.9 Å². The molecule has 0 bridgehead atoms. The molecule has 0 radical (unpaired) electrons. The zero-order valence-electron chi connectivity index (χ0n) is 8.14. The molecule has 0 aliphatic rings. The minimum atomic E-state index is -0.269. The van der Waals surface area contributed by atoms with Crippen LogP contribution in [0.15, 0.2) is 21.5 Å². The number of benzene rings is 1. The Kier molecular flexibility index (Phi) is 4.75. The zero-order valence-corrected chi connectivity index (χ0v) is 10.5. The number of halogens is 2. The largest absolute Gasteiger partial charge is 0.490 e. The van der Waals surface area contributed by atoms with Crippen LogP contribution in [0.25, 0.3) is 0 Å². The third-order valence-electron chi connectivity index (χ3n) is 1.65.